The third-order valence-corrected chi connectivity index (χ3v) is 6.64. The molecule has 2 atom stereocenters. The molecule has 146 valence electrons. The van der Waals surface area contributed by atoms with Crippen LogP contribution in [0.2, 0.25) is 0 Å². The molecule has 0 saturated carbocycles. The lowest BCUT2D eigenvalue weighted by molar-refractivity contribution is -0.132. The van der Waals surface area contributed by atoms with Gasteiger partial charge in [0.2, 0.25) is 5.91 Å². The molecule has 1 amide bonds. The highest BCUT2D eigenvalue weighted by Crippen LogP contribution is 2.20. The lowest BCUT2D eigenvalue weighted by atomic mass is 10.1. The molecule has 0 saturated heterocycles. The molecule has 1 aliphatic heterocycles. The summed E-state index contributed by atoms with van der Waals surface area (Å²) in [6.45, 7) is 0.304. The van der Waals surface area contributed by atoms with Gasteiger partial charge in [0.05, 0.1) is 24.8 Å². The molecule has 0 aliphatic carbocycles. The Bertz CT molecular complexity index is 1090. The second-order valence-electron chi connectivity index (χ2n) is 6.64. The van der Waals surface area contributed by atoms with E-state index in [4.69, 9.17) is 5.26 Å². The number of aromatic nitrogens is 2. The van der Waals surface area contributed by atoms with Crippen LogP contribution in [0.1, 0.15) is 16.3 Å². The molecule has 6 nitrogen and oxygen atoms in total. The van der Waals surface area contributed by atoms with E-state index in [2.05, 4.69) is 4.98 Å². The predicted molar refractivity (Wildman–Crippen MR) is 113 cm³/mol. The van der Waals surface area contributed by atoms with Crippen LogP contribution in [0.4, 0.5) is 0 Å². The standard InChI is InChI=1S/C21H18N4O2S2/c22-12-17-14-28-20(23-17)13-25(19-7-10-29(27)15-19)21(26)11-16-3-5-18(6-4-16)24-8-1-2-9-24/h1-10,14,19H,11,13,15H2. The maximum Gasteiger partial charge on any atom is 0.227 e. The quantitative estimate of drug-likeness (QED) is 0.612. The lowest BCUT2D eigenvalue weighted by Gasteiger charge is -2.27. The van der Waals surface area contributed by atoms with Gasteiger partial charge < -0.3 is 9.47 Å². The minimum absolute atomic E-state index is 0.0547. The second-order valence-corrected chi connectivity index (χ2v) is 8.95. The second kappa shape index (κ2) is 8.55. The number of rotatable bonds is 6. The number of carbonyl (C=O) groups is 1. The van der Waals surface area contributed by atoms with Crippen LogP contribution in [0, 0.1) is 11.3 Å². The van der Waals surface area contributed by atoms with Crippen molar-refractivity contribution in [1.82, 2.24) is 14.5 Å². The zero-order valence-corrected chi connectivity index (χ0v) is 17.1. The maximum atomic E-state index is 13.1. The van der Waals surface area contributed by atoms with Gasteiger partial charge in [0.25, 0.3) is 0 Å². The largest absolute Gasteiger partial charge is 0.328 e. The van der Waals surface area contributed by atoms with Crippen molar-refractivity contribution in [2.75, 3.05) is 5.75 Å². The Balaban J connectivity index is 1.50. The SMILES string of the molecule is N#Cc1csc(CN(C(=O)Cc2ccc(-n3cccc3)cc2)C2C=CS(=O)C2)n1. The van der Waals surface area contributed by atoms with Gasteiger partial charge in [-0.3, -0.25) is 9.00 Å². The number of hydrogen-bond acceptors (Lipinski definition) is 5. The van der Waals surface area contributed by atoms with Crippen molar-refractivity contribution in [3.05, 3.63) is 81.9 Å². The fraction of sp³-hybridized carbons (Fsp3) is 0.190. The number of benzene rings is 1. The summed E-state index contributed by atoms with van der Waals surface area (Å²) in [5.41, 5.74) is 2.29. The van der Waals surface area contributed by atoms with E-state index < -0.39 is 10.8 Å². The average Bonchev–Trinajstić information content (AvgIpc) is 3.48. The molecule has 0 fully saturated rings. The minimum Gasteiger partial charge on any atom is -0.328 e. The lowest BCUT2D eigenvalue weighted by Crippen LogP contribution is -2.40. The van der Waals surface area contributed by atoms with Crippen molar-refractivity contribution in [1.29, 1.82) is 5.26 Å². The van der Waals surface area contributed by atoms with Gasteiger partial charge in [-0.15, -0.1) is 11.3 Å². The fourth-order valence-corrected chi connectivity index (χ4v) is 5.00. The Labute approximate surface area is 175 Å². The molecule has 0 radical (unpaired) electrons. The van der Waals surface area contributed by atoms with Gasteiger partial charge in [0.15, 0.2) is 5.69 Å². The van der Waals surface area contributed by atoms with E-state index in [9.17, 15) is 9.00 Å². The van der Waals surface area contributed by atoms with Gasteiger partial charge in [-0.2, -0.15) is 5.26 Å². The number of carbonyl (C=O) groups excluding carboxylic acids is 1. The van der Waals surface area contributed by atoms with Gasteiger partial charge in [0, 0.05) is 39.7 Å². The van der Waals surface area contributed by atoms with E-state index in [1.54, 1.807) is 15.7 Å². The molecule has 0 N–H and O–H groups in total. The van der Waals surface area contributed by atoms with Gasteiger partial charge in [-0.05, 0) is 29.8 Å². The zero-order valence-electron chi connectivity index (χ0n) is 15.5. The molecule has 4 rings (SSSR count). The Kier molecular flexibility index (Phi) is 5.69. The summed E-state index contributed by atoms with van der Waals surface area (Å²) >= 11 is 1.36. The molecule has 0 bridgehead atoms. The third-order valence-electron chi connectivity index (χ3n) is 4.67. The van der Waals surface area contributed by atoms with Gasteiger partial charge in [0.1, 0.15) is 11.1 Å². The first kappa shape index (κ1) is 19.3. The van der Waals surface area contributed by atoms with Crippen LogP contribution in [0.25, 0.3) is 5.69 Å². The molecule has 3 aromatic rings. The summed E-state index contributed by atoms with van der Waals surface area (Å²) in [6, 6.07) is 13.6. The van der Waals surface area contributed by atoms with Crippen LogP contribution >= 0.6 is 11.3 Å². The molecule has 0 spiro atoms. The van der Waals surface area contributed by atoms with Crippen LogP contribution in [0.3, 0.4) is 0 Å². The average molecular weight is 423 g/mol. The van der Waals surface area contributed by atoms with E-state index in [0.717, 1.165) is 11.3 Å². The monoisotopic (exact) mass is 422 g/mol. The van der Waals surface area contributed by atoms with E-state index in [-0.39, 0.29) is 18.4 Å². The smallest absolute Gasteiger partial charge is 0.227 e. The highest BCUT2D eigenvalue weighted by Gasteiger charge is 2.27. The summed E-state index contributed by atoms with van der Waals surface area (Å²) in [6.07, 6.45) is 6.01. The molecule has 8 heteroatoms. The molecule has 29 heavy (non-hydrogen) atoms. The van der Waals surface area contributed by atoms with Gasteiger partial charge in [-0.25, -0.2) is 4.98 Å². The van der Waals surface area contributed by atoms with Crippen molar-refractivity contribution in [2.45, 2.75) is 19.0 Å². The molecule has 1 aromatic carbocycles. The number of nitrogens with zero attached hydrogens (tertiary/aromatic N) is 4. The number of hydrogen-bond donors (Lipinski definition) is 0. The first-order chi connectivity index (χ1) is 14.1. The Morgan fingerprint density at radius 2 is 2.07 bits per heavy atom. The van der Waals surface area contributed by atoms with Crippen molar-refractivity contribution in [3.63, 3.8) is 0 Å². The molecule has 1 aliphatic rings. The Morgan fingerprint density at radius 1 is 1.31 bits per heavy atom. The van der Waals surface area contributed by atoms with Crippen molar-refractivity contribution in [3.8, 4) is 11.8 Å². The number of nitriles is 1. The van der Waals surface area contributed by atoms with Crippen LogP contribution in [0.5, 0.6) is 0 Å². The first-order valence-corrected chi connectivity index (χ1v) is 11.3. The minimum atomic E-state index is -1.06. The predicted octanol–water partition coefficient (Wildman–Crippen LogP) is 3.02. The van der Waals surface area contributed by atoms with Crippen molar-refractivity contribution < 1.29 is 9.00 Å². The van der Waals surface area contributed by atoms with Crippen LogP contribution in [-0.2, 0) is 28.6 Å². The van der Waals surface area contributed by atoms with Crippen LogP contribution < -0.4 is 0 Å². The molecule has 2 aromatic heterocycles. The van der Waals surface area contributed by atoms with Gasteiger partial charge in [-0.1, -0.05) is 18.2 Å². The Hall–Kier alpha value is -3.02. The molecule has 2 unspecified atom stereocenters. The summed E-state index contributed by atoms with van der Waals surface area (Å²) in [5, 5.41) is 13.0. The highest BCUT2D eigenvalue weighted by molar-refractivity contribution is 7.88. The normalized spacial score (nSPS) is 17.9. The Morgan fingerprint density at radius 3 is 2.69 bits per heavy atom. The van der Waals surface area contributed by atoms with Crippen molar-refractivity contribution >= 4 is 28.0 Å². The highest BCUT2D eigenvalue weighted by atomic mass is 32.2. The van der Waals surface area contributed by atoms with Gasteiger partial charge >= 0.3 is 0 Å². The van der Waals surface area contributed by atoms with E-state index in [0.29, 0.717) is 23.0 Å². The molecule has 3 heterocycles. The number of thiazole rings is 1. The maximum absolute atomic E-state index is 13.1. The molecular weight excluding hydrogens is 404 g/mol. The summed E-state index contributed by atoms with van der Waals surface area (Å²) in [5.74, 6) is 0.343. The number of amides is 1. The summed E-state index contributed by atoms with van der Waals surface area (Å²) in [4.78, 5) is 19.1. The topological polar surface area (TPSA) is 79.0 Å². The fourth-order valence-electron chi connectivity index (χ4n) is 3.19. The zero-order chi connectivity index (χ0) is 20.2. The first-order valence-electron chi connectivity index (χ1n) is 9.04. The van der Waals surface area contributed by atoms with E-state index in [1.807, 2.05) is 65.5 Å². The van der Waals surface area contributed by atoms with Crippen LogP contribution in [-0.4, -0.2) is 36.4 Å². The van der Waals surface area contributed by atoms with E-state index in [1.165, 1.54) is 11.3 Å². The molecular formula is C21H18N4O2S2. The van der Waals surface area contributed by atoms with E-state index >= 15 is 0 Å². The summed E-state index contributed by atoms with van der Waals surface area (Å²) < 4.78 is 13.8. The summed E-state index contributed by atoms with van der Waals surface area (Å²) in [7, 11) is -1.06. The van der Waals surface area contributed by atoms with Crippen LogP contribution in [0.15, 0.2) is 65.7 Å². The third kappa shape index (κ3) is 4.53. The van der Waals surface area contributed by atoms with Crippen molar-refractivity contribution in [2.24, 2.45) is 0 Å².